The average Bonchev–Trinajstić information content (AvgIpc) is 3.05. The second kappa shape index (κ2) is 5.77. The van der Waals surface area contributed by atoms with Gasteiger partial charge in [0.05, 0.1) is 12.2 Å². The number of fused-ring (bicyclic) bond motifs is 1. The zero-order valence-electron chi connectivity index (χ0n) is 12.8. The Balaban J connectivity index is 1.75. The molecule has 0 bridgehead atoms. The summed E-state index contributed by atoms with van der Waals surface area (Å²) in [4.78, 5) is 12.7. The van der Waals surface area contributed by atoms with Gasteiger partial charge in [-0.2, -0.15) is 5.10 Å². The van der Waals surface area contributed by atoms with Crippen molar-refractivity contribution >= 4 is 5.52 Å². The molecule has 118 valence electrons. The van der Waals surface area contributed by atoms with Crippen LogP contribution in [-0.2, 0) is 6.54 Å². The summed E-state index contributed by atoms with van der Waals surface area (Å²) < 4.78 is 16.2. The molecule has 2 aromatic carbocycles. The van der Waals surface area contributed by atoms with Gasteiger partial charge in [0.25, 0.3) is 5.56 Å². The summed E-state index contributed by atoms with van der Waals surface area (Å²) in [5.74, 6) is -0.287. The van der Waals surface area contributed by atoms with Gasteiger partial charge in [-0.1, -0.05) is 42.5 Å². The fourth-order valence-corrected chi connectivity index (χ4v) is 2.69. The van der Waals surface area contributed by atoms with Crippen molar-refractivity contribution in [2.45, 2.75) is 6.54 Å². The van der Waals surface area contributed by atoms with Crippen LogP contribution in [0.15, 0.2) is 77.9 Å². The number of nitrogens with zero attached hydrogens (tertiary/aromatic N) is 3. The van der Waals surface area contributed by atoms with E-state index >= 15 is 0 Å². The predicted octanol–water partition coefficient (Wildman–Crippen LogP) is 3.35. The molecule has 4 rings (SSSR count). The molecule has 0 radical (unpaired) electrons. The normalized spacial score (nSPS) is 11.0. The number of benzene rings is 2. The maximum atomic E-state index is 13.0. The van der Waals surface area contributed by atoms with Gasteiger partial charge >= 0.3 is 0 Å². The Bertz CT molecular complexity index is 1050. The molecule has 0 spiro atoms. The zero-order valence-corrected chi connectivity index (χ0v) is 12.8. The van der Waals surface area contributed by atoms with Crippen LogP contribution >= 0.6 is 0 Å². The number of halogens is 1. The highest BCUT2D eigenvalue weighted by atomic mass is 19.1. The molecule has 2 aromatic heterocycles. The zero-order chi connectivity index (χ0) is 16.5. The lowest BCUT2D eigenvalue weighted by Crippen LogP contribution is -2.21. The number of hydrogen-bond donors (Lipinski definition) is 0. The largest absolute Gasteiger partial charge is 0.308 e. The molecule has 0 N–H and O–H groups in total. The van der Waals surface area contributed by atoms with E-state index in [2.05, 4.69) is 5.10 Å². The third kappa shape index (κ3) is 2.60. The molecule has 4 nitrogen and oxygen atoms in total. The van der Waals surface area contributed by atoms with Crippen LogP contribution in [-0.4, -0.2) is 14.2 Å². The van der Waals surface area contributed by atoms with Crippen molar-refractivity contribution in [3.05, 3.63) is 94.8 Å². The molecular weight excluding hydrogens is 305 g/mol. The van der Waals surface area contributed by atoms with Gasteiger partial charge in [0, 0.05) is 18.0 Å². The molecule has 4 aromatic rings. The molecule has 0 aliphatic heterocycles. The summed E-state index contributed by atoms with van der Waals surface area (Å²) >= 11 is 0. The predicted molar refractivity (Wildman–Crippen MR) is 90.4 cm³/mol. The molecule has 24 heavy (non-hydrogen) atoms. The van der Waals surface area contributed by atoms with Crippen LogP contribution in [0.1, 0.15) is 5.56 Å². The molecule has 0 saturated heterocycles. The van der Waals surface area contributed by atoms with Gasteiger partial charge in [-0.25, -0.2) is 8.91 Å². The summed E-state index contributed by atoms with van der Waals surface area (Å²) in [7, 11) is 0. The fraction of sp³-hybridized carbons (Fsp3) is 0.0526. The Morgan fingerprint density at radius 1 is 0.958 bits per heavy atom. The standard InChI is InChI=1S/C19H14FN3O/c20-16-8-6-14(7-9-16)13-22-10-11-23-18(19(22)24)12-17(21-23)15-4-2-1-3-5-15/h1-12H,13H2. The maximum Gasteiger partial charge on any atom is 0.276 e. The summed E-state index contributed by atoms with van der Waals surface area (Å²) in [6.07, 6.45) is 3.45. The minimum Gasteiger partial charge on any atom is -0.308 e. The van der Waals surface area contributed by atoms with Gasteiger partial charge in [-0.15, -0.1) is 0 Å². The van der Waals surface area contributed by atoms with E-state index in [1.54, 1.807) is 39.7 Å². The molecular formula is C19H14FN3O. The first-order valence-corrected chi connectivity index (χ1v) is 7.59. The molecule has 0 atom stereocenters. The molecule has 0 aliphatic rings. The molecule has 0 fully saturated rings. The Morgan fingerprint density at radius 2 is 1.71 bits per heavy atom. The molecule has 2 heterocycles. The Hall–Kier alpha value is -3.21. The molecule has 0 unspecified atom stereocenters. The molecule has 0 aliphatic carbocycles. The number of aromatic nitrogens is 3. The smallest absolute Gasteiger partial charge is 0.276 e. The second-order valence-corrected chi connectivity index (χ2v) is 5.58. The van der Waals surface area contributed by atoms with Crippen molar-refractivity contribution in [2.24, 2.45) is 0 Å². The minimum absolute atomic E-state index is 0.128. The Labute approximate surface area is 137 Å². The first kappa shape index (κ1) is 14.4. The number of rotatable bonds is 3. The topological polar surface area (TPSA) is 39.3 Å². The molecule has 0 saturated carbocycles. The van der Waals surface area contributed by atoms with E-state index in [1.807, 2.05) is 30.3 Å². The van der Waals surface area contributed by atoms with Crippen molar-refractivity contribution in [1.29, 1.82) is 0 Å². The van der Waals surface area contributed by atoms with Crippen LogP contribution in [0, 0.1) is 5.82 Å². The maximum absolute atomic E-state index is 13.0. The van der Waals surface area contributed by atoms with Crippen LogP contribution in [0.3, 0.4) is 0 Å². The van der Waals surface area contributed by atoms with Crippen LogP contribution in [0.2, 0.25) is 0 Å². The van der Waals surface area contributed by atoms with Crippen LogP contribution in [0.25, 0.3) is 16.8 Å². The van der Waals surface area contributed by atoms with Crippen molar-refractivity contribution in [3.8, 4) is 11.3 Å². The summed E-state index contributed by atoms with van der Waals surface area (Å²) in [5.41, 5.74) is 2.97. The fourth-order valence-electron chi connectivity index (χ4n) is 2.69. The van der Waals surface area contributed by atoms with Gasteiger partial charge < -0.3 is 4.57 Å². The van der Waals surface area contributed by atoms with Crippen molar-refractivity contribution in [2.75, 3.05) is 0 Å². The lowest BCUT2D eigenvalue weighted by atomic mass is 10.1. The third-order valence-electron chi connectivity index (χ3n) is 3.94. The third-order valence-corrected chi connectivity index (χ3v) is 3.94. The highest BCUT2D eigenvalue weighted by molar-refractivity contribution is 5.65. The van der Waals surface area contributed by atoms with E-state index in [4.69, 9.17) is 0 Å². The Kier molecular flexibility index (Phi) is 3.46. The summed E-state index contributed by atoms with van der Waals surface area (Å²) in [5, 5.41) is 4.46. The monoisotopic (exact) mass is 319 g/mol. The van der Waals surface area contributed by atoms with Gasteiger partial charge in [-0.05, 0) is 23.8 Å². The number of hydrogen-bond acceptors (Lipinski definition) is 2. The lowest BCUT2D eigenvalue weighted by molar-refractivity contribution is 0.626. The highest BCUT2D eigenvalue weighted by Crippen LogP contribution is 2.17. The van der Waals surface area contributed by atoms with Crippen LogP contribution < -0.4 is 5.56 Å². The van der Waals surface area contributed by atoms with E-state index < -0.39 is 0 Å². The van der Waals surface area contributed by atoms with Crippen molar-refractivity contribution in [1.82, 2.24) is 14.2 Å². The molecule has 0 amide bonds. The van der Waals surface area contributed by atoms with E-state index in [0.29, 0.717) is 12.1 Å². The van der Waals surface area contributed by atoms with Crippen LogP contribution in [0.5, 0.6) is 0 Å². The van der Waals surface area contributed by atoms with Gasteiger partial charge in [0.15, 0.2) is 0 Å². The van der Waals surface area contributed by atoms with E-state index in [1.165, 1.54) is 12.1 Å². The highest BCUT2D eigenvalue weighted by Gasteiger charge is 2.09. The van der Waals surface area contributed by atoms with E-state index in [-0.39, 0.29) is 11.4 Å². The first-order chi connectivity index (χ1) is 11.7. The SMILES string of the molecule is O=c1c2cc(-c3ccccc3)nn2ccn1Cc1ccc(F)cc1. The molecule has 5 heteroatoms. The van der Waals surface area contributed by atoms with Gasteiger partial charge in [0.1, 0.15) is 11.3 Å². The van der Waals surface area contributed by atoms with Crippen LogP contribution in [0.4, 0.5) is 4.39 Å². The quantitative estimate of drug-likeness (QED) is 0.581. The summed E-state index contributed by atoms with van der Waals surface area (Å²) in [6.45, 7) is 0.390. The lowest BCUT2D eigenvalue weighted by Gasteiger charge is -2.06. The average molecular weight is 319 g/mol. The Morgan fingerprint density at radius 3 is 2.46 bits per heavy atom. The first-order valence-electron chi connectivity index (χ1n) is 7.59. The van der Waals surface area contributed by atoms with Gasteiger partial charge in [-0.3, -0.25) is 4.79 Å². The van der Waals surface area contributed by atoms with Gasteiger partial charge in [0.2, 0.25) is 0 Å². The van der Waals surface area contributed by atoms with E-state index in [0.717, 1.165) is 16.8 Å². The minimum atomic E-state index is -0.287. The van der Waals surface area contributed by atoms with Crippen molar-refractivity contribution < 1.29 is 4.39 Å². The van der Waals surface area contributed by atoms with Crippen molar-refractivity contribution in [3.63, 3.8) is 0 Å². The van der Waals surface area contributed by atoms with E-state index in [9.17, 15) is 9.18 Å². The second-order valence-electron chi connectivity index (χ2n) is 5.58. The summed E-state index contributed by atoms with van der Waals surface area (Å²) in [6, 6.07) is 17.7.